The number of anilines is 1. The second kappa shape index (κ2) is 8.30. The molecule has 0 N–H and O–H groups in total. The topological polar surface area (TPSA) is 91.9 Å². The number of nitro groups is 1. The lowest BCUT2D eigenvalue weighted by Crippen LogP contribution is -2.37. The highest BCUT2D eigenvalue weighted by Crippen LogP contribution is 2.28. The summed E-state index contributed by atoms with van der Waals surface area (Å²) in [5.74, 6) is -0.591. The van der Waals surface area contributed by atoms with Gasteiger partial charge in [-0.3, -0.25) is 4.57 Å². The van der Waals surface area contributed by atoms with Gasteiger partial charge in [0.25, 0.3) is 0 Å². The number of aryl methyl sites for hydroxylation is 1. The van der Waals surface area contributed by atoms with Crippen molar-refractivity contribution in [1.82, 2.24) is 9.55 Å². The number of imidazole rings is 1. The molecule has 164 valence electrons. The molecule has 0 saturated carbocycles. The second-order valence-electron chi connectivity index (χ2n) is 6.76. The maximum atomic E-state index is 12.3. The minimum Gasteiger partial charge on any atom is -0.440 e. The maximum absolute atomic E-state index is 12.3. The molecule has 0 amide bonds. The highest BCUT2D eigenvalue weighted by Gasteiger charge is 2.31. The van der Waals surface area contributed by atoms with E-state index >= 15 is 0 Å². The van der Waals surface area contributed by atoms with Crippen LogP contribution in [-0.2, 0) is 11.3 Å². The third-order valence-corrected chi connectivity index (χ3v) is 4.61. The Hall–Kier alpha value is -3.54. The van der Waals surface area contributed by atoms with Gasteiger partial charge in [0.1, 0.15) is 18.1 Å². The summed E-state index contributed by atoms with van der Waals surface area (Å²) in [6.45, 7) is 0.699. The zero-order valence-electron chi connectivity index (χ0n) is 15.9. The third kappa shape index (κ3) is 4.97. The minimum atomic E-state index is -4.75. The van der Waals surface area contributed by atoms with Crippen LogP contribution in [0.5, 0.6) is 11.8 Å². The Bertz CT molecular complexity index is 1000. The Balaban J connectivity index is 1.38. The summed E-state index contributed by atoms with van der Waals surface area (Å²) in [7, 11) is 0. The van der Waals surface area contributed by atoms with Crippen LogP contribution in [0.25, 0.3) is 0 Å². The van der Waals surface area contributed by atoms with E-state index in [4.69, 9.17) is 9.47 Å². The summed E-state index contributed by atoms with van der Waals surface area (Å²) in [5.41, 5.74) is 0.607. The first-order chi connectivity index (χ1) is 14.8. The molecular formula is C19H17F3N4O5. The van der Waals surface area contributed by atoms with Gasteiger partial charge in [-0.1, -0.05) is 6.08 Å². The van der Waals surface area contributed by atoms with Gasteiger partial charge in [0.2, 0.25) is 0 Å². The highest BCUT2D eigenvalue weighted by atomic mass is 19.4. The van der Waals surface area contributed by atoms with Gasteiger partial charge in [-0.2, -0.15) is 0 Å². The van der Waals surface area contributed by atoms with Crippen LogP contribution < -0.4 is 14.4 Å². The predicted molar refractivity (Wildman–Crippen MR) is 102 cm³/mol. The number of aromatic nitrogens is 2. The van der Waals surface area contributed by atoms with Crippen molar-refractivity contribution in [2.24, 2.45) is 0 Å². The van der Waals surface area contributed by atoms with Gasteiger partial charge >= 0.3 is 18.2 Å². The molecule has 2 aliphatic rings. The van der Waals surface area contributed by atoms with E-state index in [2.05, 4.69) is 9.72 Å². The molecule has 0 bridgehead atoms. The van der Waals surface area contributed by atoms with Gasteiger partial charge in [-0.25, -0.2) is 0 Å². The summed E-state index contributed by atoms with van der Waals surface area (Å²) in [5, 5.41) is 10.9. The van der Waals surface area contributed by atoms with Gasteiger partial charge in [0.05, 0.1) is 6.61 Å². The molecule has 2 aliphatic heterocycles. The van der Waals surface area contributed by atoms with Crippen LogP contribution in [0.2, 0.25) is 0 Å². The number of allylic oxidation sites excluding steroid dienone is 2. The standard InChI is InChI=1S/C19H17F3N4O5/c20-19(21,22)31-14-6-4-13(5-7-14)25-9-2-1-3-17(25)29-12-15-8-10-24-11-16(26(27)28)23-18(24)30-15/h1-7,9,11,15,17H,8,10,12H2. The fourth-order valence-corrected chi connectivity index (χ4v) is 3.21. The largest absolute Gasteiger partial charge is 0.573 e. The van der Waals surface area contributed by atoms with Crippen LogP contribution in [-0.4, -0.2) is 39.8 Å². The van der Waals surface area contributed by atoms with E-state index in [1.807, 2.05) is 0 Å². The van der Waals surface area contributed by atoms with E-state index in [0.717, 1.165) is 0 Å². The van der Waals surface area contributed by atoms with Crippen molar-refractivity contribution in [1.29, 1.82) is 0 Å². The van der Waals surface area contributed by atoms with Crippen LogP contribution in [0.15, 0.2) is 54.9 Å². The Morgan fingerprint density at radius 3 is 2.74 bits per heavy atom. The van der Waals surface area contributed by atoms with E-state index < -0.39 is 17.5 Å². The molecule has 12 heteroatoms. The fourth-order valence-electron chi connectivity index (χ4n) is 3.21. The van der Waals surface area contributed by atoms with Crippen molar-refractivity contribution < 1.29 is 32.3 Å². The molecule has 31 heavy (non-hydrogen) atoms. The summed E-state index contributed by atoms with van der Waals surface area (Å²) in [6.07, 6.45) is 3.38. The van der Waals surface area contributed by atoms with Crippen molar-refractivity contribution >= 4 is 11.5 Å². The molecular weight excluding hydrogens is 421 g/mol. The second-order valence-corrected chi connectivity index (χ2v) is 6.76. The average molecular weight is 438 g/mol. The van der Waals surface area contributed by atoms with E-state index in [-0.39, 0.29) is 30.3 Å². The Kier molecular flexibility index (Phi) is 5.55. The van der Waals surface area contributed by atoms with Crippen molar-refractivity contribution in [3.63, 3.8) is 0 Å². The first kappa shape index (κ1) is 20.7. The zero-order chi connectivity index (χ0) is 22.0. The fraction of sp³-hybridized carbons (Fsp3) is 0.316. The molecule has 1 aromatic carbocycles. The van der Waals surface area contributed by atoms with Crippen LogP contribution in [0.3, 0.4) is 0 Å². The quantitative estimate of drug-likeness (QED) is 0.501. The molecule has 0 spiro atoms. The summed E-state index contributed by atoms with van der Waals surface area (Å²) in [4.78, 5) is 15.9. The molecule has 0 saturated heterocycles. The number of alkyl halides is 3. The molecule has 2 aromatic rings. The van der Waals surface area contributed by atoms with E-state index in [0.29, 0.717) is 18.7 Å². The van der Waals surface area contributed by atoms with Gasteiger partial charge in [0, 0.05) is 29.8 Å². The summed E-state index contributed by atoms with van der Waals surface area (Å²) < 4.78 is 54.2. The lowest BCUT2D eigenvalue weighted by molar-refractivity contribution is -0.389. The van der Waals surface area contributed by atoms with Gasteiger partial charge in [-0.05, 0) is 41.3 Å². The molecule has 9 nitrogen and oxygen atoms in total. The SMILES string of the molecule is O=[N+]([O-])c1cn2c(n1)OC(COC1C=CC=CN1c1ccc(OC(F)(F)F)cc1)CC2. The highest BCUT2D eigenvalue weighted by molar-refractivity contribution is 5.54. The van der Waals surface area contributed by atoms with Crippen LogP contribution in [0.1, 0.15) is 6.42 Å². The Morgan fingerprint density at radius 1 is 1.26 bits per heavy atom. The van der Waals surface area contributed by atoms with E-state index in [9.17, 15) is 23.3 Å². The number of fused-ring (bicyclic) bond motifs is 1. The normalized spacial score (nSPS) is 20.3. The third-order valence-electron chi connectivity index (χ3n) is 4.61. The predicted octanol–water partition coefficient (Wildman–Crippen LogP) is 3.77. The molecule has 2 atom stereocenters. The lowest BCUT2D eigenvalue weighted by atomic mass is 10.2. The molecule has 0 aliphatic carbocycles. The first-order valence-corrected chi connectivity index (χ1v) is 9.27. The number of hydrogen-bond donors (Lipinski definition) is 0. The number of halogens is 3. The summed E-state index contributed by atoms with van der Waals surface area (Å²) >= 11 is 0. The monoisotopic (exact) mass is 438 g/mol. The van der Waals surface area contributed by atoms with Gasteiger partial charge in [-0.15, -0.1) is 13.2 Å². The number of rotatable bonds is 6. The number of benzene rings is 1. The molecule has 1 aromatic heterocycles. The van der Waals surface area contributed by atoms with Crippen LogP contribution in [0.4, 0.5) is 24.7 Å². The molecule has 4 rings (SSSR count). The maximum Gasteiger partial charge on any atom is 0.573 e. The van der Waals surface area contributed by atoms with Crippen molar-refractivity contribution in [2.45, 2.75) is 31.7 Å². The average Bonchev–Trinajstić information content (AvgIpc) is 3.16. The first-order valence-electron chi connectivity index (χ1n) is 9.27. The molecule has 3 heterocycles. The number of hydrogen-bond acceptors (Lipinski definition) is 7. The van der Waals surface area contributed by atoms with Crippen molar-refractivity contribution in [2.75, 3.05) is 11.5 Å². The lowest BCUT2D eigenvalue weighted by Gasteiger charge is -2.32. The zero-order valence-corrected chi connectivity index (χ0v) is 15.9. The molecule has 0 fully saturated rings. The van der Waals surface area contributed by atoms with E-state index in [1.54, 1.807) is 33.9 Å². The van der Waals surface area contributed by atoms with Gasteiger partial charge in [0.15, 0.2) is 6.23 Å². The molecule has 2 unspecified atom stereocenters. The van der Waals surface area contributed by atoms with Crippen LogP contribution >= 0.6 is 0 Å². The van der Waals surface area contributed by atoms with Gasteiger partial charge < -0.3 is 29.2 Å². The van der Waals surface area contributed by atoms with Crippen molar-refractivity contribution in [3.05, 3.63) is 65.0 Å². The Morgan fingerprint density at radius 2 is 2.03 bits per heavy atom. The number of ether oxygens (including phenoxy) is 3. The van der Waals surface area contributed by atoms with Crippen LogP contribution in [0, 0.1) is 10.1 Å². The minimum absolute atomic E-state index is 0.169. The smallest absolute Gasteiger partial charge is 0.440 e. The Labute approximate surface area is 174 Å². The number of nitrogens with zero attached hydrogens (tertiary/aromatic N) is 4. The van der Waals surface area contributed by atoms with Crippen molar-refractivity contribution in [3.8, 4) is 11.8 Å². The van der Waals surface area contributed by atoms with E-state index in [1.165, 1.54) is 30.5 Å². The summed E-state index contributed by atoms with van der Waals surface area (Å²) in [6, 6.07) is 5.61. The molecule has 0 radical (unpaired) electrons.